The second-order valence-electron chi connectivity index (χ2n) is 5.64. The molecular formula is C18H20N4O3S2. The summed E-state index contributed by atoms with van der Waals surface area (Å²) in [5.74, 6) is 2.02. The molecule has 0 bridgehead atoms. The highest BCUT2D eigenvalue weighted by atomic mass is 32.2. The number of thiophene rings is 1. The van der Waals surface area contributed by atoms with Crippen LogP contribution in [0.3, 0.4) is 0 Å². The third kappa shape index (κ3) is 5.08. The molecule has 1 aromatic carbocycles. The van der Waals surface area contributed by atoms with E-state index in [1.54, 1.807) is 60.2 Å². The van der Waals surface area contributed by atoms with Crippen molar-refractivity contribution >= 4 is 28.9 Å². The van der Waals surface area contributed by atoms with Gasteiger partial charge < -0.3 is 9.47 Å². The molecule has 9 heteroatoms. The monoisotopic (exact) mass is 404 g/mol. The maximum Gasteiger partial charge on any atom is 0.209 e. The lowest BCUT2D eigenvalue weighted by atomic mass is 10.1. The molecule has 0 fully saturated rings. The smallest absolute Gasteiger partial charge is 0.209 e. The van der Waals surface area contributed by atoms with Crippen molar-refractivity contribution in [3.8, 4) is 11.5 Å². The van der Waals surface area contributed by atoms with Crippen molar-refractivity contribution in [1.29, 1.82) is 0 Å². The van der Waals surface area contributed by atoms with Crippen molar-refractivity contribution in [2.75, 3.05) is 20.0 Å². The molecule has 2 aromatic heterocycles. The number of thioether (sulfide) groups is 1. The zero-order chi connectivity index (χ0) is 19.1. The molecule has 142 valence electrons. The quantitative estimate of drug-likeness (QED) is 0.290. The van der Waals surface area contributed by atoms with Crippen LogP contribution in [0, 0.1) is 0 Å². The molecule has 27 heavy (non-hydrogen) atoms. The molecule has 0 aliphatic rings. The number of hydrogen-bond acceptors (Lipinski definition) is 8. The van der Waals surface area contributed by atoms with E-state index in [1.165, 1.54) is 4.88 Å². The summed E-state index contributed by atoms with van der Waals surface area (Å²) in [7, 11) is 3.13. The molecule has 0 radical (unpaired) electrons. The third-order valence-electron chi connectivity index (χ3n) is 3.87. The average molecular weight is 405 g/mol. The molecule has 0 saturated carbocycles. The summed E-state index contributed by atoms with van der Waals surface area (Å²) in [5.41, 5.74) is 0.625. The minimum Gasteiger partial charge on any atom is -0.493 e. The van der Waals surface area contributed by atoms with E-state index in [9.17, 15) is 4.79 Å². The van der Waals surface area contributed by atoms with Gasteiger partial charge in [0.25, 0.3) is 0 Å². The summed E-state index contributed by atoms with van der Waals surface area (Å²) in [4.78, 5) is 13.6. The largest absolute Gasteiger partial charge is 0.493 e. The number of methoxy groups -OCH3 is 2. The predicted molar refractivity (Wildman–Crippen MR) is 105 cm³/mol. The fourth-order valence-electron chi connectivity index (χ4n) is 2.50. The van der Waals surface area contributed by atoms with Crippen molar-refractivity contribution in [2.45, 2.75) is 24.5 Å². The first-order valence-corrected chi connectivity index (χ1v) is 10.2. The van der Waals surface area contributed by atoms with E-state index in [2.05, 4.69) is 21.6 Å². The number of tetrazole rings is 1. The Morgan fingerprint density at radius 3 is 2.81 bits per heavy atom. The summed E-state index contributed by atoms with van der Waals surface area (Å²) >= 11 is 3.24. The molecule has 0 amide bonds. The van der Waals surface area contributed by atoms with Gasteiger partial charge in [-0.15, -0.1) is 16.4 Å². The number of aromatic nitrogens is 4. The van der Waals surface area contributed by atoms with Crippen LogP contribution >= 0.6 is 23.1 Å². The number of nitrogens with zero attached hydrogens (tertiary/aromatic N) is 4. The number of carbonyl (C=O) groups excluding carboxylic acids is 1. The summed E-state index contributed by atoms with van der Waals surface area (Å²) in [6, 6.07) is 9.30. The zero-order valence-corrected chi connectivity index (χ0v) is 16.8. The highest BCUT2D eigenvalue weighted by molar-refractivity contribution is 7.99. The molecule has 2 heterocycles. The number of ketones is 1. The number of Topliss-reactive ketones (excluding diaryl/α,β-unsaturated/α-hetero) is 1. The van der Waals surface area contributed by atoms with Crippen LogP contribution in [-0.4, -0.2) is 46.0 Å². The van der Waals surface area contributed by atoms with Crippen LogP contribution in [0.5, 0.6) is 11.5 Å². The van der Waals surface area contributed by atoms with E-state index in [-0.39, 0.29) is 5.78 Å². The van der Waals surface area contributed by atoms with Crippen molar-refractivity contribution in [3.05, 3.63) is 46.2 Å². The lowest BCUT2D eigenvalue weighted by Gasteiger charge is -2.09. The van der Waals surface area contributed by atoms with E-state index in [0.717, 1.165) is 17.3 Å². The molecule has 0 atom stereocenters. The lowest BCUT2D eigenvalue weighted by molar-refractivity contribution is 0.0981. The summed E-state index contributed by atoms with van der Waals surface area (Å²) in [6.45, 7) is 0.664. The van der Waals surface area contributed by atoms with E-state index in [1.807, 2.05) is 11.4 Å². The SMILES string of the molecule is COc1ccc(C(=O)CCCSc2nnnn2Cc2cccs2)cc1OC. The number of hydrogen-bond donors (Lipinski definition) is 0. The second-order valence-corrected chi connectivity index (χ2v) is 7.74. The Hall–Kier alpha value is -2.39. The summed E-state index contributed by atoms with van der Waals surface area (Å²) < 4.78 is 12.2. The first-order valence-electron chi connectivity index (χ1n) is 8.38. The van der Waals surface area contributed by atoms with Gasteiger partial charge in [-0.3, -0.25) is 4.79 Å². The Morgan fingerprint density at radius 1 is 1.22 bits per heavy atom. The predicted octanol–water partition coefficient (Wildman–Crippen LogP) is 3.56. The normalized spacial score (nSPS) is 10.7. The molecule has 7 nitrogen and oxygen atoms in total. The topological polar surface area (TPSA) is 79.1 Å². The fourth-order valence-corrected chi connectivity index (χ4v) is 4.00. The standard InChI is InChI=1S/C18H20N4O3S2/c1-24-16-8-7-13(11-17(16)25-2)15(23)6-4-10-27-18-19-20-21-22(18)12-14-5-3-9-26-14/h3,5,7-9,11H,4,6,10,12H2,1-2H3. The van der Waals surface area contributed by atoms with Gasteiger partial charge in [0.05, 0.1) is 20.8 Å². The molecule has 0 spiro atoms. The minimum atomic E-state index is 0.0785. The first-order chi connectivity index (χ1) is 13.2. The van der Waals surface area contributed by atoms with Gasteiger partial charge in [-0.1, -0.05) is 17.8 Å². The Labute approximate surface area is 165 Å². The van der Waals surface area contributed by atoms with Crippen LogP contribution in [0.15, 0.2) is 40.9 Å². The third-order valence-corrected chi connectivity index (χ3v) is 5.77. The first kappa shape index (κ1) is 19.4. The Kier molecular flexibility index (Phi) is 6.83. The van der Waals surface area contributed by atoms with Gasteiger partial charge in [-0.25, -0.2) is 4.68 Å². The van der Waals surface area contributed by atoms with Crippen LogP contribution < -0.4 is 9.47 Å². The maximum absolute atomic E-state index is 12.4. The highest BCUT2D eigenvalue weighted by Crippen LogP contribution is 2.28. The van der Waals surface area contributed by atoms with Gasteiger partial charge in [0.15, 0.2) is 17.3 Å². The molecule has 3 aromatic rings. The fraction of sp³-hybridized carbons (Fsp3) is 0.333. The van der Waals surface area contributed by atoms with E-state index < -0.39 is 0 Å². The highest BCUT2D eigenvalue weighted by Gasteiger charge is 2.12. The van der Waals surface area contributed by atoms with Crippen LogP contribution in [0.1, 0.15) is 28.1 Å². The Balaban J connectivity index is 1.49. The molecule has 0 aliphatic heterocycles. The van der Waals surface area contributed by atoms with Gasteiger partial charge in [0.1, 0.15) is 0 Å². The zero-order valence-electron chi connectivity index (χ0n) is 15.1. The van der Waals surface area contributed by atoms with E-state index >= 15 is 0 Å². The number of ether oxygens (including phenoxy) is 2. The van der Waals surface area contributed by atoms with Crippen LogP contribution in [0.25, 0.3) is 0 Å². The molecular weight excluding hydrogens is 384 g/mol. The molecule has 3 rings (SSSR count). The molecule has 0 aliphatic carbocycles. The van der Waals surface area contributed by atoms with E-state index in [4.69, 9.17) is 9.47 Å². The van der Waals surface area contributed by atoms with Crippen molar-refractivity contribution < 1.29 is 14.3 Å². The van der Waals surface area contributed by atoms with Crippen molar-refractivity contribution in [2.24, 2.45) is 0 Å². The minimum absolute atomic E-state index is 0.0785. The van der Waals surface area contributed by atoms with Crippen molar-refractivity contribution in [1.82, 2.24) is 20.2 Å². The molecule has 0 saturated heterocycles. The summed E-state index contributed by atoms with van der Waals surface area (Å²) in [5, 5.41) is 14.7. The number of rotatable bonds is 10. The average Bonchev–Trinajstić information content (AvgIpc) is 3.37. The second kappa shape index (κ2) is 9.52. The maximum atomic E-state index is 12.4. The number of carbonyl (C=O) groups is 1. The van der Waals surface area contributed by atoms with E-state index in [0.29, 0.717) is 30.0 Å². The van der Waals surface area contributed by atoms with Crippen LogP contribution in [-0.2, 0) is 6.54 Å². The van der Waals surface area contributed by atoms with Gasteiger partial charge in [-0.2, -0.15) is 0 Å². The summed E-state index contributed by atoms with van der Waals surface area (Å²) in [6.07, 6.45) is 1.19. The van der Waals surface area contributed by atoms with Crippen LogP contribution in [0.2, 0.25) is 0 Å². The Bertz CT molecular complexity index is 881. The molecule has 0 unspecified atom stereocenters. The van der Waals surface area contributed by atoms with Crippen LogP contribution in [0.4, 0.5) is 0 Å². The molecule has 0 N–H and O–H groups in total. The van der Waals surface area contributed by atoms with Gasteiger partial charge in [0, 0.05) is 22.6 Å². The lowest BCUT2D eigenvalue weighted by Crippen LogP contribution is -2.04. The van der Waals surface area contributed by atoms with Crippen molar-refractivity contribution in [3.63, 3.8) is 0 Å². The van der Waals surface area contributed by atoms with Gasteiger partial charge >= 0.3 is 0 Å². The number of benzene rings is 1. The Morgan fingerprint density at radius 2 is 2.07 bits per heavy atom. The van der Waals surface area contributed by atoms with Gasteiger partial charge in [0.2, 0.25) is 5.16 Å². The van der Waals surface area contributed by atoms with Gasteiger partial charge in [-0.05, 0) is 46.5 Å².